The fourth-order valence-corrected chi connectivity index (χ4v) is 6.66. The van der Waals surface area contributed by atoms with Crippen molar-refractivity contribution < 1.29 is 49.1 Å². The Morgan fingerprint density at radius 3 is 2.07 bits per heavy atom. The number of aromatic amines is 1. The standard InChI is InChI=1S/C37H49N7O10/c1-19(45)28-36(52)40-18-27-29(46)30(47)31(48)32(54-27)37(53)43-25(15-20-9-3-2-4-10-20)34(50)42-26(16-21-17-39-23-12-6-5-11-22(21)23)35(51)41-24(33(49)44-28)13-7-8-14-38/h2-6,9-12,17,19,24-32,39,45-48H,7-8,13-16,18,38H2,1H3,(H,40,52)(H,41,51)(H,42,50)(H,43,53)(H,44,49)/t19-,24+,25+,26-,27+,28+,29+,30-,31+,32+/m1/s1. The van der Waals surface area contributed by atoms with E-state index in [4.69, 9.17) is 10.5 Å². The van der Waals surface area contributed by atoms with Crippen LogP contribution in [0.15, 0.2) is 60.8 Å². The van der Waals surface area contributed by atoms with Gasteiger partial charge in [0.15, 0.2) is 6.10 Å². The number of fused-ring (bicyclic) bond motifs is 3. The van der Waals surface area contributed by atoms with Crippen LogP contribution in [0.5, 0.6) is 0 Å². The molecule has 3 heterocycles. The van der Waals surface area contributed by atoms with Crippen LogP contribution in [0.2, 0.25) is 0 Å². The highest BCUT2D eigenvalue weighted by Crippen LogP contribution is 2.23. The van der Waals surface area contributed by atoms with Gasteiger partial charge in [-0.2, -0.15) is 0 Å². The van der Waals surface area contributed by atoms with E-state index in [9.17, 15) is 44.4 Å². The third-order valence-corrected chi connectivity index (χ3v) is 9.74. The summed E-state index contributed by atoms with van der Waals surface area (Å²) in [6.45, 7) is 1.08. The monoisotopic (exact) mass is 751 g/mol. The number of amides is 5. The summed E-state index contributed by atoms with van der Waals surface area (Å²) in [6.07, 6.45) is -7.62. The molecule has 54 heavy (non-hydrogen) atoms. The second-order valence-corrected chi connectivity index (χ2v) is 13.8. The van der Waals surface area contributed by atoms with Crippen molar-refractivity contribution in [2.24, 2.45) is 5.73 Å². The number of para-hydroxylation sites is 1. The van der Waals surface area contributed by atoms with Crippen LogP contribution in [0.4, 0.5) is 0 Å². The molecule has 2 saturated heterocycles. The van der Waals surface area contributed by atoms with Crippen molar-refractivity contribution in [2.45, 2.75) is 99.8 Å². The molecule has 0 aliphatic carbocycles. The van der Waals surface area contributed by atoms with E-state index in [0.29, 0.717) is 30.5 Å². The highest BCUT2D eigenvalue weighted by Gasteiger charge is 2.47. The lowest BCUT2D eigenvalue weighted by Gasteiger charge is -2.40. The number of ether oxygens (including phenoxy) is 1. The highest BCUT2D eigenvalue weighted by atomic mass is 16.5. The van der Waals surface area contributed by atoms with Crippen LogP contribution in [0.3, 0.4) is 0 Å². The third kappa shape index (κ3) is 9.79. The summed E-state index contributed by atoms with van der Waals surface area (Å²) in [5.41, 5.74) is 7.79. The number of H-pyrrole nitrogens is 1. The maximum atomic E-state index is 14.2. The Morgan fingerprint density at radius 2 is 1.37 bits per heavy atom. The number of nitrogens with two attached hydrogens (primary N) is 1. The molecule has 1 aromatic heterocycles. The van der Waals surface area contributed by atoms with Crippen molar-refractivity contribution in [1.82, 2.24) is 31.6 Å². The molecule has 2 aliphatic rings. The van der Waals surface area contributed by atoms with Gasteiger partial charge in [-0.15, -0.1) is 0 Å². The van der Waals surface area contributed by atoms with Crippen molar-refractivity contribution in [1.29, 1.82) is 0 Å². The summed E-state index contributed by atoms with van der Waals surface area (Å²) in [5.74, 6) is -4.20. The third-order valence-electron chi connectivity index (χ3n) is 9.74. The average molecular weight is 752 g/mol. The number of aliphatic hydroxyl groups excluding tert-OH is 4. The lowest BCUT2D eigenvalue weighted by Crippen LogP contribution is -2.66. The van der Waals surface area contributed by atoms with E-state index in [1.807, 2.05) is 24.3 Å². The van der Waals surface area contributed by atoms with Gasteiger partial charge in [0, 0.05) is 36.5 Å². The summed E-state index contributed by atoms with van der Waals surface area (Å²) in [6, 6.07) is 10.7. The number of rotatable bonds is 9. The molecule has 2 aliphatic heterocycles. The van der Waals surface area contributed by atoms with Gasteiger partial charge in [-0.25, -0.2) is 0 Å². The maximum absolute atomic E-state index is 14.2. The van der Waals surface area contributed by atoms with Crippen molar-refractivity contribution in [3.8, 4) is 0 Å². The molecule has 3 aromatic rings. The Bertz CT molecular complexity index is 1770. The molecular formula is C37H49N7O10. The molecule has 2 bridgehead atoms. The van der Waals surface area contributed by atoms with Crippen molar-refractivity contribution >= 4 is 40.4 Å². The van der Waals surface area contributed by atoms with E-state index in [-0.39, 0.29) is 19.3 Å². The SMILES string of the molecule is C[C@@H](O)[C@@H]1NC(=O)[C@H](CCCCN)NC(=O)[C@@H](Cc2c[nH]c3ccccc23)NC(=O)[C@H](Cc2ccccc2)NC(=O)[C@H]2O[C@@H](CNC1=O)[C@H](O)[C@@H](O)[C@@H]2O. The fourth-order valence-electron chi connectivity index (χ4n) is 6.66. The second kappa shape index (κ2) is 18.4. The number of aromatic nitrogens is 1. The smallest absolute Gasteiger partial charge is 0.252 e. The van der Waals surface area contributed by atoms with Gasteiger partial charge in [0.2, 0.25) is 23.6 Å². The topological polar surface area (TPSA) is 277 Å². The molecule has 12 N–H and O–H groups in total. The zero-order chi connectivity index (χ0) is 38.9. The van der Waals surface area contributed by atoms with Crippen LogP contribution in [0.25, 0.3) is 10.9 Å². The van der Waals surface area contributed by atoms with E-state index >= 15 is 0 Å². The first-order valence-corrected chi connectivity index (χ1v) is 18.0. The Kier molecular flexibility index (Phi) is 13.7. The summed E-state index contributed by atoms with van der Waals surface area (Å²) in [4.78, 5) is 72.4. The minimum absolute atomic E-state index is 0.0420. The molecule has 10 atom stereocenters. The summed E-state index contributed by atoms with van der Waals surface area (Å²) < 4.78 is 5.71. The molecule has 17 heteroatoms. The molecule has 2 fully saturated rings. The van der Waals surface area contributed by atoms with Gasteiger partial charge in [-0.3, -0.25) is 24.0 Å². The molecule has 5 amide bonds. The van der Waals surface area contributed by atoms with Crippen LogP contribution >= 0.6 is 0 Å². The Labute approximate surface area is 311 Å². The number of benzene rings is 2. The Hall–Kier alpha value is -4.91. The number of unbranched alkanes of at least 4 members (excludes halogenated alkanes) is 1. The molecule has 0 unspecified atom stereocenters. The molecule has 0 spiro atoms. The van der Waals surface area contributed by atoms with Crippen molar-refractivity contribution in [3.05, 3.63) is 71.9 Å². The number of carbonyl (C=O) groups is 5. The maximum Gasteiger partial charge on any atom is 0.252 e. The zero-order valence-electron chi connectivity index (χ0n) is 29.8. The molecule has 292 valence electrons. The van der Waals surface area contributed by atoms with Gasteiger partial charge >= 0.3 is 0 Å². The molecule has 0 saturated carbocycles. The normalized spacial score (nSPS) is 29.5. The lowest BCUT2D eigenvalue weighted by molar-refractivity contribution is -0.219. The minimum Gasteiger partial charge on any atom is -0.391 e. The van der Waals surface area contributed by atoms with Crippen LogP contribution < -0.4 is 32.3 Å². The van der Waals surface area contributed by atoms with Crippen LogP contribution in [0, 0.1) is 0 Å². The second-order valence-electron chi connectivity index (χ2n) is 13.8. The Morgan fingerprint density at radius 1 is 0.741 bits per heavy atom. The van der Waals surface area contributed by atoms with E-state index in [0.717, 1.165) is 10.9 Å². The summed E-state index contributed by atoms with van der Waals surface area (Å²) in [7, 11) is 0. The van der Waals surface area contributed by atoms with Crippen molar-refractivity contribution in [2.75, 3.05) is 13.1 Å². The first kappa shape index (κ1) is 40.3. The predicted octanol–water partition coefficient (Wildman–Crippen LogP) is -2.62. The van der Waals surface area contributed by atoms with Gasteiger partial charge in [0.1, 0.15) is 48.6 Å². The van der Waals surface area contributed by atoms with E-state index in [1.165, 1.54) is 6.92 Å². The number of hydrogen-bond acceptors (Lipinski definition) is 11. The highest BCUT2D eigenvalue weighted by molar-refractivity contribution is 5.96. The summed E-state index contributed by atoms with van der Waals surface area (Å²) in [5, 5.41) is 56.5. The largest absolute Gasteiger partial charge is 0.391 e. The number of nitrogens with one attached hydrogen (secondary N) is 6. The first-order valence-electron chi connectivity index (χ1n) is 18.0. The van der Waals surface area contributed by atoms with E-state index < -0.39 is 96.9 Å². The van der Waals surface area contributed by atoms with E-state index in [1.54, 1.807) is 36.5 Å². The van der Waals surface area contributed by atoms with Crippen LogP contribution in [-0.2, 0) is 41.6 Å². The predicted molar refractivity (Wildman–Crippen MR) is 194 cm³/mol. The molecule has 5 rings (SSSR count). The van der Waals surface area contributed by atoms with Gasteiger partial charge in [-0.05, 0) is 49.9 Å². The average Bonchev–Trinajstić information content (AvgIpc) is 3.57. The van der Waals surface area contributed by atoms with Gasteiger partial charge < -0.3 is 62.5 Å². The quantitative estimate of drug-likeness (QED) is 0.101. The number of carbonyl (C=O) groups excluding carboxylic acids is 5. The van der Waals surface area contributed by atoms with Crippen LogP contribution in [-0.4, -0.2) is 129 Å². The number of aliphatic hydroxyl groups is 4. The first-order chi connectivity index (χ1) is 25.9. The van der Waals surface area contributed by atoms with Gasteiger partial charge in [-0.1, -0.05) is 48.5 Å². The molecule has 2 aromatic carbocycles. The van der Waals surface area contributed by atoms with E-state index in [2.05, 4.69) is 31.6 Å². The van der Waals surface area contributed by atoms with Gasteiger partial charge in [0.05, 0.1) is 6.10 Å². The zero-order valence-corrected chi connectivity index (χ0v) is 29.8. The summed E-state index contributed by atoms with van der Waals surface area (Å²) >= 11 is 0. The molecular weight excluding hydrogens is 702 g/mol. The van der Waals surface area contributed by atoms with Crippen molar-refractivity contribution in [3.63, 3.8) is 0 Å². The Balaban J connectivity index is 1.54. The molecule has 17 nitrogen and oxygen atoms in total. The van der Waals surface area contributed by atoms with Crippen LogP contribution in [0.1, 0.15) is 37.3 Å². The fraction of sp³-hybridized carbons (Fsp3) is 0.486. The van der Waals surface area contributed by atoms with Gasteiger partial charge in [0.25, 0.3) is 5.91 Å². The lowest BCUT2D eigenvalue weighted by atomic mass is 9.93. The molecule has 0 radical (unpaired) electrons. The minimum atomic E-state index is -1.93. The number of hydrogen-bond donors (Lipinski definition) is 11.